The molecule has 0 spiro atoms. The molecular formula is C10H12N3O4S2-. The maximum Gasteiger partial charge on any atom is 0.285 e. The molecule has 2 N–H and O–H groups in total. The molecule has 0 aromatic heterocycles. The molecule has 0 aliphatic carbocycles. The van der Waals surface area contributed by atoms with Crippen molar-refractivity contribution in [3.8, 4) is 0 Å². The molecule has 2 amide bonds. The van der Waals surface area contributed by atoms with Gasteiger partial charge in [-0.2, -0.15) is 0 Å². The molecule has 0 aliphatic heterocycles. The van der Waals surface area contributed by atoms with E-state index in [4.69, 9.17) is 4.79 Å². The van der Waals surface area contributed by atoms with Crippen molar-refractivity contribution in [3.63, 3.8) is 0 Å². The van der Waals surface area contributed by atoms with Crippen molar-refractivity contribution in [1.82, 2.24) is 4.90 Å². The van der Waals surface area contributed by atoms with Crippen LogP contribution in [0.1, 0.15) is 0 Å². The number of primary amides is 1. The minimum atomic E-state index is -0.750. The lowest BCUT2D eigenvalue weighted by atomic mass is 10.3. The highest BCUT2D eigenvalue weighted by atomic mass is 32.2. The third-order valence-corrected chi connectivity index (χ3v) is 2.67. The minimum absolute atomic E-state index is 0.0247. The van der Waals surface area contributed by atoms with Crippen molar-refractivity contribution in [1.29, 1.82) is 0 Å². The SMILES string of the molecule is CN(C)C(=O)Sc1ccc([N+](=O)[O-])cc1.NC(=O)[S-]. The highest BCUT2D eigenvalue weighted by Crippen LogP contribution is 2.22. The van der Waals surface area contributed by atoms with Crippen LogP contribution in [0.2, 0.25) is 0 Å². The summed E-state index contributed by atoms with van der Waals surface area (Å²) in [6, 6.07) is 5.88. The van der Waals surface area contributed by atoms with Gasteiger partial charge < -0.3 is 28.1 Å². The van der Waals surface area contributed by atoms with Gasteiger partial charge in [0, 0.05) is 31.1 Å². The first-order valence-electron chi connectivity index (χ1n) is 4.84. The zero-order chi connectivity index (χ0) is 15.0. The van der Waals surface area contributed by atoms with Gasteiger partial charge in [-0.15, -0.1) is 0 Å². The van der Waals surface area contributed by atoms with Crippen molar-refractivity contribution in [2.75, 3.05) is 14.1 Å². The number of hydrogen-bond acceptors (Lipinski definition) is 6. The molecule has 1 aromatic rings. The molecule has 0 fully saturated rings. The topological polar surface area (TPSA) is 107 Å². The second kappa shape index (κ2) is 8.27. The van der Waals surface area contributed by atoms with E-state index in [1.807, 2.05) is 0 Å². The Balaban J connectivity index is 0.000000711. The van der Waals surface area contributed by atoms with E-state index in [2.05, 4.69) is 18.4 Å². The van der Waals surface area contributed by atoms with Crippen LogP contribution in [0.3, 0.4) is 0 Å². The minimum Gasteiger partial charge on any atom is -0.719 e. The van der Waals surface area contributed by atoms with Crippen molar-refractivity contribution < 1.29 is 14.5 Å². The lowest BCUT2D eigenvalue weighted by Gasteiger charge is -2.08. The van der Waals surface area contributed by atoms with Crippen LogP contribution in [-0.4, -0.2) is 34.4 Å². The number of nitro groups is 1. The van der Waals surface area contributed by atoms with Crippen LogP contribution in [0.25, 0.3) is 0 Å². The molecule has 0 aliphatic rings. The van der Waals surface area contributed by atoms with E-state index in [0.29, 0.717) is 4.90 Å². The second-order valence-corrected chi connectivity index (χ2v) is 4.76. The number of hydrogen-bond donors (Lipinski definition) is 1. The van der Waals surface area contributed by atoms with Gasteiger partial charge in [0.15, 0.2) is 0 Å². The molecule has 0 saturated carbocycles. The normalized spacial score (nSPS) is 8.95. The van der Waals surface area contributed by atoms with Gasteiger partial charge in [-0.25, -0.2) is 0 Å². The average Bonchev–Trinajstić information content (AvgIpc) is 2.28. The molecule has 0 atom stereocenters. The van der Waals surface area contributed by atoms with Gasteiger partial charge in [-0.3, -0.25) is 14.9 Å². The van der Waals surface area contributed by atoms with E-state index in [-0.39, 0.29) is 10.9 Å². The predicted octanol–water partition coefficient (Wildman–Crippen LogP) is 1.98. The number of nitrogens with two attached hydrogens (primary N) is 1. The maximum atomic E-state index is 11.3. The Bertz CT molecular complexity index is 458. The summed E-state index contributed by atoms with van der Waals surface area (Å²) in [4.78, 5) is 32.4. The standard InChI is InChI=1S/C9H10N2O3S.CH3NOS/c1-10(2)9(12)15-8-5-3-7(4-6-8)11(13)14;2-1(3)4/h3-6H,1-2H3;(H3,2,3,4)/p-1. The quantitative estimate of drug-likeness (QED) is 0.387. The van der Waals surface area contributed by atoms with Crippen molar-refractivity contribution in [2.24, 2.45) is 5.73 Å². The van der Waals surface area contributed by atoms with Crippen molar-refractivity contribution >= 4 is 40.6 Å². The first-order valence-corrected chi connectivity index (χ1v) is 6.06. The summed E-state index contributed by atoms with van der Waals surface area (Å²) < 4.78 is 0. The van der Waals surface area contributed by atoms with Crippen molar-refractivity contribution in [3.05, 3.63) is 34.4 Å². The summed E-state index contributed by atoms with van der Waals surface area (Å²) in [6.45, 7) is 0. The van der Waals surface area contributed by atoms with Crippen LogP contribution >= 0.6 is 11.8 Å². The highest BCUT2D eigenvalue weighted by molar-refractivity contribution is 8.13. The fourth-order valence-corrected chi connectivity index (χ4v) is 1.48. The number of benzene rings is 1. The van der Waals surface area contributed by atoms with Crippen LogP contribution < -0.4 is 5.73 Å². The van der Waals surface area contributed by atoms with Crippen LogP contribution in [0.15, 0.2) is 29.2 Å². The summed E-state index contributed by atoms with van der Waals surface area (Å²) in [5.74, 6) is 0. The van der Waals surface area contributed by atoms with Gasteiger partial charge in [0.25, 0.3) is 10.9 Å². The summed E-state index contributed by atoms with van der Waals surface area (Å²) in [6.07, 6.45) is 0. The Morgan fingerprint density at radius 3 is 2.05 bits per heavy atom. The molecule has 1 rings (SSSR count). The zero-order valence-electron chi connectivity index (χ0n) is 10.2. The average molecular weight is 302 g/mol. The summed E-state index contributed by atoms with van der Waals surface area (Å²) >= 11 is 4.80. The van der Waals surface area contributed by atoms with E-state index >= 15 is 0 Å². The number of thioether (sulfide) groups is 1. The van der Waals surface area contributed by atoms with Gasteiger partial charge in [0.05, 0.1) is 10.2 Å². The number of amides is 2. The lowest BCUT2D eigenvalue weighted by molar-refractivity contribution is -0.384. The van der Waals surface area contributed by atoms with Gasteiger partial charge >= 0.3 is 0 Å². The van der Waals surface area contributed by atoms with E-state index in [1.165, 1.54) is 17.0 Å². The number of nitro benzene ring substituents is 1. The Kier molecular flexibility index (Phi) is 7.46. The fourth-order valence-electron chi connectivity index (χ4n) is 0.828. The van der Waals surface area contributed by atoms with Crippen LogP contribution in [0.4, 0.5) is 15.3 Å². The molecular weight excluding hydrogens is 290 g/mol. The summed E-state index contributed by atoms with van der Waals surface area (Å²) in [7, 11) is 3.31. The molecule has 0 heterocycles. The van der Waals surface area contributed by atoms with E-state index in [1.54, 1.807) is 26.2 Å². The number of carbonyl (C=O) groups is 2. The lowest BCUT2D eigenvalue weighted by Crippen LogP contribution is -2.15. The fraction of sp³-hybridized carbons (Fsp3) is 0.200. The van der Waals surface area contributed by atoms with Crippen molar-refractivity contribution in [2.45, 2.75) is 4.90 Å². The number of rotatable bonds is 2. The number of non-ortho nitro benzene ring substituents is 1. The Labute approximate surface area is 119 Å². The molecule has 7 nitrogen and oxygen atoms in total. The molecule has 19 heavy (non-hydrogen) atoms. The predicted molar refractivity (Wildman–Crippen MR) is 75.0 cm³/mol. The van der Waals surface area contributed by atoms with E-state index in [9.17, 15) is 14.9 Å². The van der Waals surface area contributed by atoms with E-state index < -0.39 is 10.2 Å². The first-order chi connectivity index (χ1) is 8.73. The Hall–Kier alpha value is -1.87. The summed E-state index contributed by atoms with van der Waals surface area (Å²) in [5, 5.41) is 9.51. The molecule has 104 valence electrons. The third kappa shape index (κ3) is 7.95. The van der Waals surface area contributed by atoms with Gasteiger partial charge in [0.2, 0.25) is 0 Å². The molecule has 9 heteroatoms. The maximum absolute atomic E-state index is 11.3. The smallest absolute Gasteiger partial charge is 0.285 e. The Morgan fingerprint density at radius 2 is 1.74 bits per heavy atom. The third-order valence-electron chi connectivity index (χ3n) is 1.62. The Morgan fingerprint density at radius 1 is 1.32 bits per heavy atom. The first kappa shape index (κ1) is 17.1. The number of nitrogens with zero attached hydrogens (tertiary/aromatic N) is 2. The zero-order valence-corrected chi connectivity index (χ0v) is 11.9. The van der Waals surface area contributed by atoms with Crippen LogP contribution in [0, 0.1) is 10.1 Å². The number of carbonyl (C=O) groups excluding carboxylic acids is 2. The molecule has 0 bridgehead atoms. The molecule has 0 radical (unpaired) electrons. The monoisotopic (exact) mass is 302 g/mol. The van der Waals surface area contributed by atoms with Crippen LogP contribution in [0.5, 0.6) is 0 Å². The molecule has 1 aromatic carbocycles. The van der Waals surface area contributed by atoms with Gasteiger partial charge in [-0.1, -0.05) is 0 Å². The van der Waals surface area contributed by atoms with E-state index in [0.717, 1.165) is 11.8 Å². The van der Waals surface area contributed by atoms with Crippen LogP contribution in [-0.2, 0) is 12.6 Å². The molecule has 0 unspecified atom stereocenters. The highest BCUT2D eigenvalue weighted by Gasteiger charge is 2.08. The molecule has 0 saturated heterocycles. The largest absolute Gasteiger partial charge is 0.719 e. The van der Waals surface area contributed by atoms with Gasteiger partial charge in [0.1, 0.15) is 0 Å². The summed E-state index contributed by atoms with van der Waals surface area (Å²) in [5.41, 5.74) is 4.31. The van der Waals surface area contributed by atoms with Gasteiger partial charge in [-0.05, 0) is 23.9 Å². The second-order valence-electron chi connectivity index (χ2n) is 3.33.